The van der Waals surface area contributed by atoms with E-state index in [1.807, 2.05) is 32.1 Å². The molecule has 0 atom stereocenters. The summed E-state index contributed by atoms with van der Waals surface area (Å²) in [5, 5.41) is 8.51. The molecule has 0 aliphatic heterocycles. The average molecular weight is 220 g/mol. The number of carboxylic acid groups (broad SMARTS) is 1. The van der Waals surface area contributed by atoms with Crippen molar-refractivity contribution in [3.05, 3.63) is 34.9 Å². The van der Waals surface area contributed by atoms with Crippen LogP contribution in [0.15, 0.2) is 18.2 Å². The van der Waals surface area contributed by atoms with E-state index in [4.69, 9.17) is 9.84 Å². The van der Waals surface area contributed by atoms with Crippen molar-refractivity contribution in [3.8, 4) is 5.75 Å². The van der Waals surface area contributed by atoms with Crippen molar-refractivity contribution in [3.63, 3.8) is 0 Å². The van der Waals surface area contributed by atoms with Crippen LogP contribution in [-0.2, 0) is 4.79 Å². The molecule has 1 aromatic rings. The van der Waals surface area contributed by atoms with E-state index in [2.05, 4.69) is 0 Å². The summed E-state index contributed by atoms with van der Waals surface area (Å²) in [5.74, 6) is 0.0635. The van der Waals surface area contributed by atoms with Gasteiger partial charge < -0.3 is 9.84 Å². The summed E-state index contributed by atoms with van der Waals surface area (Å²) < 4.78 is 5.26. The highest BCUT2D eigenvalue weighted by atomic mass is 16.5. The molecule has 1 N–H and O–H groups in total. The van der Waals surface area contributed by atoms with Gasteiger partial charge in [-0.3, -0.25) is 4.79 Å². The third-order valence-electron chi connectivity index (χ3n) is 2.29. The maximum absolute atomic E-state index is 10.4. The number of methoxy groups -OCH3 is 1. The lowest BCUT2D eigenvalue weighted by Crippen LogP contribution is -1.92. The van der Waals surface area contributed by atoms with E-state index in [1.165, 1.54) is 0 Å². The second kappa shape index (κ2) is 5.35. The number of hydrogen-bond acceptors (Lipinski definition) is 2. The monoisotopic (exact) mass is 220 g/mol. The summed E-state index contributed by atoms with van der Waals surface area (Å²) >= 11 is 0. The van der Waals surface area contributed by atoms with Gasteiger partial charge in [0.2, 0.25) is 0 Å². The Labute approximate surface area is 95.4 Å². The highest BCUT2D eigenvalue weighted by Crippen LogP contribution is 2.24. The minimum Gasteiger partial charge on any atom is -0.496 e. The van der Waals surface area contributed by atoms with Crippen molar-refractivity contribution < 1.29 is 14.6 Å². The highest BCUT2D eigenvalue weighted by molar-refractivity contribution is 5.70. The van der Waals surface area contributed by atoms with Gasteiger partial charge in [-0.05, 0) is 42.7 Å². The first-order valence-electron chi connectivity index (χ1n) is 5.08. The molecule has 1 rings (SSSR count). The zero-order valence-corrected chi connectivity index (χ0v) is 9.78. The molecule has 0 saturated heterocycles. The van der Waals surface area contributed by atoms with Gasteiger partial charge in [-0.15, -0.1) is 0 Å². The molecule has 0 spiro atoms. The normalized spacial score (nSPS) is 10.7. The molecule has 0 amide bonds. The van der Waals surface area contributed by atoms with Crippen molar-refractivity contribution in [1.82, 2.24) is 0 Å². The first-order valence-corrected chi connectivity index (χ1v) is 5.08. The Morgan fingerprint density at radius 1 is 1.38 bits per heavy atom. The van der Waals surface area contributed by atoms with Crippen molar-refractivity contribution in [2.45, 2.75) is 20.3 Å². The molecule has 86 valence electrons. The molecule has 0 saturated carbocycles. The van der Waals surface area contributed by atoms with Gasteiger partial charge in [0.1, 0.15) is 5.75 Å². The van der Waals surface area contributed by atoms with E-state index in [-0.39, 0.29) is 6.42 Å². The number of aryl methyl sites for hydroxylation is 2. The molecule has 0 bridgehead atoms. The SMILES string of the molecule is COc1c(C)cc(C=CCC(=O)O)cc1C. The second-order valence-electron chi connectivity index (χ2n) is 3.69. The quantitative estimate of drug-likeness (QED) is 0.848. The van der Waals surface area contributed by atoms with Gasteiger partial charge in [-0.1, -0.05) is 12.2 Å². The molecular formula is C13H16O3. The second-order valence-corrected chi connectivity index (χ2v) is 3.69. The van der Waals surface area contributed by atoms with Gasteiger partial charge in [-0.2, -0.15) is 0 Å². The highest BCUT2D eigenvalue weighted by Gasteiger charge is 2.03. The molecule has 3 nitrogen and oxygen atoms in total. The van der Waals surface area contributed by atoms with Gasteiger partial charge in [0.25, 0.3) is 0 Å². The number of benzene rings is 1. The summed E-state index contributed by atoms with van der Waals surface area (Å²) in [7, 11) is 1.65. The first kappa shape index (κ1) is 12.3. The van der Waals surface area contributed by atoms with E-state index in [0.717, 1.165) is 22.4 Å². The summed E-state index contributed by atoms with van der Waals surface area (Å²) in [5.41, 5.74) is 3.10. The zero-order chi connectivity index (χ0) is 12.1. The lowest BCUT2D eigenvalue weighted by molar-refractivity contribution is -0.135. The van der Waals surface area contributed by atoms with Gasteiger partial charge in [0.15, 0.2) is 0 Å². The minimum absolute atomic E-state index is 0.0458. The van der Waals surface area contributed by atoms with E-state index in [9.17, 15) is 4.79 Å². The molecule has 0 radical (unpaired) electrons. The van der Waals surface area contributed by atoms with Crippen molar-refractivity contribution in [1.29, 1.82) is 0 Å². The van der Waals surface area contributed by atoms with E-state index >= 15 is 0 Å². The molecular weight excluding hydrogens is 204 g/mol. The fourth-order valence-corrected chi connectivity index (χ4v) is 1.70. The van der Waals surface area contributed by atoms with Crippen LogP contribution in [0.2, 0.25) is 0 Å². The smallest absolute Gasteiger partial charge is 0.307 e. The van der Waals surface area contributed by atoms with Crippen LogP contribution in [0.5, 0.6) is 5.75 Å². The van der Waals surface area contributed by atoms with E-state index in [0.29, 0.717) is 0 Å². The lowest BCUT2D eigenvalue weighted by Gasteiger charge is -2.09. The predicted molar refractivity (Wildman–Crippen MR) is 63.8 cm³/mol. The fraction of sp³-hybridized carbons (Fsp3) is 0.308. The summed E-state index contributed by atoms with van der Waals surface area (Å²) in [6.45, 7) is 3.95. The van der Waals surface area contributed by atoms with Crippen LogP contribution >= 0.6 is 0 Å². The van der Waals surface area contributed by atoms with Gasteiger partial charge in [0.05, 0.1) is 13.5 Å². The van der Waals surface area contributed by atoms with Crippen molar-refractivity contribution in [2.75, 3.05) is 7.11 Å². The summed E-state index contributed by atoms with van der Waals surface area (Å²) in [6, 6.07) is 3.95. The van der Waals surface area contributed by atoms with Crippen LogP contribution in [0.1, 0.15) is 23.1 Å². The van der Waals surface area contributed by atoms with E-state index in [1.54, 1.807) is 13.2 Å². The average Bonchev–Trinajstić information content (AvgIpc) is 2.16. The molecule has 0 aromatic heterocycles. The number of hydrogen-bond donors (Lipinski definition) is 1. The molecule has 0 unspecified atom stereocenters. The van der Waals surface area contributed by atoms with E-state index < -0.39 is 5.97 Å². The zero-order valence-electron chi connectivity index (χ0n) is 9.78. The Kier molecular flexibility index (Phi) is 4.11. The van der Waals surface area contributed by atoms with Crippen LogP contribution < -0.4 is 4.74 Å². The first-order chi connectivity index (χ1) is 7.54. The Hall–Kier alpha value is -1.77. The van der Waals surface area contributed by atoms with Crippen molar-refractivity contribution >= 4 is 12.0 Å². The largest absolute Gasteiger partial charge is 0.496 e. The summed E-state index contributed by atoms with van der Waals surface area (Å²) in [4.78, 5) is 10.4. The predicted octanol–water partition coefficient (Wildman–Crippen LogP) is 2.80. The molecule has 1 aromatic carbocycles. The molecule has 0 aliphatic carbocycles. The Morgan fingerprint density at radius 3 is 2.38 bits per heavy atom. The van der Waals surface area contributed by atoms with Crippen LogP contribution in [0.3, 0.4) is 0 Å². The van der Waals surface area contributed by atoms with Crippen LogP contribution in [0.25, 0.3) is 6.08 Å². The molecule has 0 aliphatic rings. The van der Waals surface area contributed by atoms with Crippen LogP contribution in [0.4, 0.5) is 0 Å². The van der Waals surface area contributed by atoms with Crippen LogP contribution in [-0.4, -0.2) is 18.2 Å². The topological polar surface area (TPSA) is 46.5 Å². The minimum atomic E-state index is -0.821. The molecule has 16 heavy (non-hydrogen) atoms. The Balaban J connectivity index is 2.91. The number of rotatable bonds is 4. The molecule has 0 fully saturated rings. The maximum atomic E-state index is 10.4. The standard InChI is InChI=1S/C13H16O3/c1-9-7-11(5-4-6-12(14)15)8-10(2)13(9)16-3/h4-5,7-8H,6H2,1-3H3,(H,14,15). The molecule has 0 heterocycles. The molecule has 3 heteroatoms. The van der Waals surface area contributed by atoms with Gasteiger partial charge in [0, 0.05) is 0 Å². The van der Waals surface area contributed by atoms with Crippen LogP contribution in [0, 0.1) is 13.8 Å². The third-order valence-corrected chi connectivity index (χ3v) is 2.29. The number of carbonyl (C=O) groups is 1. The third kappa shape index (κ3) is 3.12. The Morgan fingerprint density at radius 2 is 1.94 bits per heavy atom. The maximum Gasteiger partial charge on any atom is 0.307 e. The number of carboxylic acids is 1. The fourth-order valence-electron chi connectivity index (χ4n) is 1.70. The lowest BCUT2D eigenvalue weighted by atomic mass is 10.1. The number of aliphatic carboxylic acids is 1. The summed E-state index contributed by atoms with van der Waals surface area (Å²) in [6.07, 6.45) is 3.50. The van der Waals surface area contributed by atoms with Crippen molar-refractivity contribution in [2.24, 2.45) is 0 Å². The van der Waals surface area contributed by atoms with Gasteiger partial charge in [-0.25, -0.2) is 0 Å². The number of ether oxygens (including phenoxy) is 1. The van der Waals surface area contributed by atoms with Gasteiger partial charge >= 0.3 is 5.97 Å². The Bertz CT molecular complexity index is 396.